The summed E-state index contributed by atoms with van der Waals surface area (Å²) in [6.45, 7) is 0. The van der Waals surface area contributed by atoms with Crippen molar-refractivity contribution >= 4 is 80.6 Å². The van der Waals surface area contributed by atoms with Crippen LogP contribution >= 0.6 is 48.0 Å². The summed E-state index contributed by atoms with van der Waals surface area (Å²) < 4.78 is 0. The number of carbonyl (C=O) groups excluding carboxylic acids is 2. The molecule has 2 aliphatic heterocycles. The summed E-state index contributed by atoms with van der Waals surface area (Å²) in [6.07, 6.45) is 3.73. The van der Waals surface area contributed by atoms with Crippen LogP contribution in [0.2, 0.25) is 0 Å². The molecule has 4 nitrogen and oxygen atoms in total. The van der Waals surface area contributed by atoms with Crippen molar-refractivity contribution in [3.8, 4) is 0 Å². The molecule has 8 heteroatoms. The molecule has 2 aliphatic rings. The Hall–Kier alpha value is -1.48. The van der Waals surface area contributed by atoms with Gasteiger partial charge in [-0.2, -0.15) is 0 Å². The van der Waals surface area contributed by atoms with Gasteiger partial charge in [-0.05, 0) is 46.8 Å². The summed E-state index contributed by atoms with van der Waals surface area (Å²) in [4.78, 5) is 24.9. The predicted octanol–water partition coefficient (Wildman–Crippen LogP) is 3.94. The first-order chi connectivity index (χ1) is 10.5. The maximum atomic E-state index is 11.2. The number of benzene rings is 1. The maximum Gasteiger partial charge on any atom is 0.289 e. The molecule has 2 N–H and O–H groups in total. The number of rotatable bonds is 2. The Morgan fingerprint density at radius 2 is 1.14 bits per heavy atom. The van der Waals surface area contributed by atoms with E-state index in [1.54, 1.807) is 0 Å². The van der Waals surface area contributed by atoms with E-state index in [1.165, 1.54) is 0 Å². The zero-order valence-corrected chi connectivity index (χ0v) is 14.2. The summed E-state index contributed by atoms with van der Waals surface area (Å²) in [7, 11) is 0. The predicted molar refractivity (Wildman–Crippen MR) is 99.8 cm³/mol. The van der Waals surface area contributed by atoms with Crippen molar-refractivity contribution in [1.82, 2.24) is 10.6 Å². The van der Waals surface area contributed by atoms with Crippen LogP contribution in [0, 0.1) is 0 Å². The second kappa shape index (κ2) is 6.33. The molecule has 1 aromatic rings. The molecular weight excluding hydrogens is 356 g/mol. The average molecular weight is 364 g/mol. The van der Waals surface area contributed by atoms with Crippen LogP contribution in [0.4, 0.5) is 9.59 Å². The van der Waals surface area contributed by atoms with E-state index in [1.807, 2.05) is 36.4 Å². The van der Waals surface area contributed by atoms with Gasteiger partial charge in [-0.3, -0.25) is 9.59 Å². The lowest BCUT2D eigenvalue weighted by Crippen LogP contribution is -2.15. The highest BCUT2D eigenvalue weighted by atomic mass is 32.2. The zero-order chi connectivity index (χ0) is 15.7. The SMILES string of the molecule is O=C1NC(=S)/C(=C/c2ccc(/C=C3/SC(=O)NC3=S)cc2)S1. The van der Waals surface area contributed by atoms with E-state index in [-0.39, 0.29) is 10.5 Å². The van der Waals surface area contributed by atoms with Crippen LogP contribution in [-0.2, 0) is 0 Å². The van der Waals surface area contributed by atoms with E-state index >= 15 is 0 Å². The smallest absolute Gasteiger partial charge is 0.289 e. The zero-order valence-electron chi connectivity index (χ0n) is 10.9. The monoisotopic (exact) mass is 364 g/mol. The van der Waals surface area contributed by atoms with Gasteiger partial charge in [-0.15, -0.1) is 0 Å². The number of hydrogen-bond donors (Lipinski definition) is 2. The minimum absolute atomic E-state index is 0.151. The molecule has 0 aliphatic carbocycles. The highest BCUT2D eigenvalue weighted by molar-refractivity contribution is 8.19. The lowest BCUT2D eigenvalue weighted by atomic mass is 10.1. The van der Waals surface area contributed by atoms with Crippen molar-refractivity contribution in [2.75, 3.05) is 0 Å². The third-order valence-corrected chi connectivity index (χ3v) is 5.38. The largest absolute Gasteiger partial charge is 0.307 e. The average Bonchev–Trinajstić information content (AvgIpc) is 2.94. The van der Waals surface area contributed by atoms with Gasteiger partial charge in [0.05, 0.1) is 9.81 Å². The second-order valence-corrected chi connectivity index (χ2v) is 7.22. The van der Waals surface area contributed by atoms with E-state index in [4.69, 9.17) is 24.4 Å². The van der Waals surface area contributed by atoms with Crippen LogP contribution in [0.25, 0.3) is 12.2 Å². The third-order valence-electron chi connectivity index (χ3n) is 2.82. The van der Waals surface area contributed by atoms with Gasteiger partial charge >= 0.3 is 0 Å². The topological polar surface area (TPSA) is 58.2 Å². The van der Waals surface area contributed by atoms with Crippen molar-refractivity contribution in [1.29, 1.82) is 0 Å². The first kappa shape index (κ1) is 15.4. The van der Waals surface area contributed by atoms with Crippen LogP contribution in [0.15, 0.2) is 34.1 Å². The fourth-order valence-electron chi connectivity index (χ4n) is 1.83. The molecule has 0 bridgehead atoms. The van der Waals surface area contributed by atoms with Crippen LogP contribution in [0.3, 0.4) is 0 Å². The summed E-state index contributed by atoms with van der Waals surface area (Å²) >= 11 is 12.3. The maximum absolute atomic E-state index is 11.2. The van der Waals surface area contributed by atoms with E-state index in [0.29, 0.717) is 9.98 Å². The number of hydrogen-bond acceptors (Lipinski definition) is 6. The normalized spacial score (nSPS) is 21.6. The van der Waals surface area contributed by atoms with Crippen LogP contribution in [0.1, 0.15) is 11.1 Å². The molecule has 0 unspecified atom stereocenters. The Labute approximate surface area is 145 Å². The Morgan fingerprint density at radius 1 is 0.773 bits per heavy atom. The Morgan fingerprint density at radius 3 is 1.41 bits per heavy atom. The van der Waals surface area contributed by atoms with Crippen molar-refractivity contribution < 1.29 is 9.59 Å². The Balaban J connectivity index is 1.79. The highest BCUT2D eigenvalue weighted by Crippen LogP contribution is 2.28. The molecule has 3 rings (SSSR count). The van der Waals surface area contributed by atoms with Gasteiger partial charge in [0.25, 0.3) is 10.5 Å². The second-order valence-electron chi connectivity index (χ2n) is 4.37. The van der Waals surface area contributed by atoms with Crippen molar-refractivity contribution in [2.45, 2.75) is 0 Å². The van der Waals surface area contributed by atoms with Gasteiger partial charge in [0.2, 0.25) is 0 Å². The molecule has 110 valence electrons. The summed E-state index contributed by atoms with van der Waals surface area (Å²) in [5.74, 6) is 0. The van der Waals surface area contributed by atoms with Gasteiger partial charge in [-0.25, -0.2) is 0 Å². The highest BCUT2D eigenvalue weighted by Gasteiger charge is 2.22. The lowest BCUT2D eigenvalue weighted by Gasteiger charge is -1.99. The summed E-state index contributed by atoms with van der Waals surface area (Å²) in [6, 6.07) is 7.68. The van der Waals surface area contributed by atoms with Crippen molar-refractivity contribution in [2.24, 2.45) is 0 Å². The molecule has 1 aromatic carbocycles. The number of amides is 2. The van der Waals surface area contributed by atoms with Gasteiger partial charge in [0.15, 0.2) is 0 Å². The summed E-state index contributed by atoms with van der Waals surface area (Å²) in [5.41, 5.74) is 1.89. The van der Waals surface area contributed by atoms with Gasteiger partial charge in [0.1, 0.15) is 9.98 Å². The van der Waals surface area contributed by atoms with Crippen LogP contribution < -0.4 is 10.6 Å². The quantitative estimate of drug-likeness (QED) is 0.612. The van der Waals surface area contributed by atoms with Gasteiger partial charge in [0, 0.05) is 0 Å². The van der Waals surface area contributed by atoms with E-state index in [2.05, 4.69) is 10.6 Å². The van der Waals surface area contributed by atoms with Crippen LogP contribution in [0.5, 0.6) is 0 Å². The van der Waals surface area contributed by atoms with Crippen molar-refractivity contribution in [3.05, 3.63) is 45.2 Å². The fraction of sp³-hybridized carbons (Fsp3) is 0. The number of thioether (sulfide) groups is 2. The molecule has 0 radical (unpaired) electrons. The minimum Gasteiger partial charge on any atom is -0.307 e. The standard InChI is InChI=1S/C14H8N2O2S4/c17-13-15-11(19)9(21-13)5-7-1-2-8(4-3-7)6-10-12(20)16-14(18)22-10/h1-6H,(H,15,17,19)(H,16,18,20)/b9-5-,10-6+. The van der Waals surface area contributed by atoms with E-state index < -0.39 is 0 Å². The van der Waals surface area contributed by atoms with Crippen LogP contribution in [-0.4, -0.2) is 20.5 Å². The minimum atomic E-state index is -0.151. The molecule has 0 atom stereocenters. The van der Waals surface area contributed by atoms with Gasteiger partial charge < -0.3 is 10.6 Å². The lowest BCUT2D eigenvalue weighted by molar-refractivity contribution is 0.264. The Bertz CT molecular complexity index is 701. The molecule has 2 heterocycles. The molecule has 2 fully saturated rings. The number of thiocarbonyl (C=S) groups is 2. The van der Waals surface area contributed by atoms with E-state index in [9.17, 15) is 9.59 Å². The molecule has 2 amide bonds. The van der Waals surface area contributed by atoms with E-state index in [0.717, 1.165) is 44.5 Å². The first-order valence-electron chi connectivity index (χ1n) is 6.11. The molecule has 0 saturated carbocycles. The third kappa shape index (κ3) is 3.46. The number of carbonyl (C=O) groups is 2. The molecule has 22 heavy (non-hydrogen) atoms. The molecule has 0 spiro atoms. The van der Waals surface area contributed by atoms with Crippen molar-refractivity contribution in [3.63, 3.8) is 0 Å². The molecular formula is C14H8N2O2S4. The number of nitrogens with one attached hydrogen (secondary N) is 2. The fourth-order valence-corrected chi connectivity index (χ4v) is 3.90. The molecule has 0 aromatic heterocycles. The Kier molecular flexibility index (Phi) is 4.44. The summed E-state index contributed by atoms with van der Waals surface area (Å²) in [5, 5.41) is 4.85. The first-order valence-corrected chi connectivity index (χ1v) is 8.56. The molecule has 2 saturated heterocycles. The van der Waals surface area contributed by atoms with Gasteiger partial charge in [-0.1, -0.05) is 48.7 Å².